The van der Waals surface area contributed by atoms with Crippen LogP contribution in [-0.2, 0) is 4.74 Å². The van der Waals surface area contributed by atoms with Crippen molar-refractivity contribution in [3.63, 3.8) is 0 Å². The highest BCUT2D eigenvalue weighted by Gasteiger charge is 1.94. The fraction of sp³-hybridized carbons (Fsp3) is 0.923. The number of unbranched alkanes of at least 4 members (excludes halogenated alkanes) is 6. The van der Waals surface area contributed by atoms with E-state index in [2.05, 4.69) is 20.8 Å². The summed E-state index contributed by atoms with van der Waals surface area (Å²) in [7, 11) is 0. The van der Waals surface area contributed by atoms with E-state index in [1.165, 1.54) is 38.5 Å². The normalized spacial score (nSPS) is 11.1. The van der Waals surface area contributed by atoms with Gasteiger partial charge in [-0.1, -0.05) is 59.3 Å². The standard InChI is InChI=1S/C13H27O/c1-4-5-6-7-8-9-10-11-14-12-13(2)3/h11,13H,4-10,12H2,1-3H3. The molecule has 0 atom stereocenters. The molecule has 1 radical (unpaired) electrons. The van der Waals surface area contributed by atoms with Crippen molar-refractivity contribution in [1.29, 1.82) is 0 Å². The average molecular weight is 199 g/mol. The van der Waals surface area contributed by atoms with Crippen molar-refractivity contribution in [3.8, 4) is 0 Å². The number of ether oxygens (including phenoxy) is 1. The van der Waals surface area contributed by atoms with Gasteiger partial charge in [0, 0.05) is 6.61 Å². The fourth-order valence-corrected chi connectivity index (χ4v) is 1.35. The van der Waals surface area contributed by atoms with E-state index in [0.29, 0.717) is 5.92 Å². The summed E-state index contributed by atoms with van der Waals surface area (Å²) in [6.45, 7) is 9.47. The minimum Gasteiger partial charge on any atom is -0.375 e. The lowest BCUT2D eigenvalue weighted by Crippen LogP contribution is -1.99. The summed E-state index contributed by atoms with van der Waals surface area (Å²) in [5.41, 5.74) is 0. The second-order valence-corrected chi connectivity index (χ2v) is 4.45. The molecule has 0 aliphatic heterocycles. The van der Waals surface area contributed by atoms with E-state index in [1.54, 1.807) is 0 Å². The minimum atomic E-state index is 0.649. The molecular formula is C13H27O. The molecule has 0 saturated carbocycles. The molecule has 0 rings (SSSR count). The van der Waals surface area contributed by atoms with Crippen molar-refractivity contribution in [3.05, 3.63) is 6.61 Å². The lowest BCUT2D eigenvalue weighted by atomic mass is 10.1. The van der Waals surface area contributed by atoms with Gasteiger partial charge in [0.2, 0.25) is 0 Å². The Kier molecular flexibility index (Phi) is 11.0. The molecule has 0 amide bonds. The summed E-state index contributed by atoms with van der Waals surface area (Å²) in [6.07, 6.45) is 9.31. The zero-order chi connectivity index (χ0) is 10.6. The molecule has 0 unspecified atom stereocenters. The Morgan fingerprint density at radius 1 is 1.00 bits per heavy atom. The van der Waals surface area contributed by atoms with Crippen LogP contribution in [0.15, 0.2) is 0 Å². The lowest BCUT2D eigenvalue weighted by Gasteiger charge is -2.05. The van der Waals surface area contributed by atoms with E-state index in [0.717, 1.165) is 13.0 Å². The number of rotatable bonds is 10. The SMILES string of the molecule is CCCCCCCC[CH]OCC(C)C. The molecule has 0 aromatic rings. The van der Waals surface area contributed by atoms with Crippen LogP contribution in [0.5, 0.6) is 0 Å². The summed E-state index contributed by atoms with van der Waals surface area (Å²) < 4.78 is 5.40. The van der Waals surface area contributed by atoms with Gasteiger partial charge in [0.1, 0.15) is 0 Å². The summed E-state index contributed by atoms with van der Waals surface area (Å²) in [4.78, 5) is 0. The van der Waals surface area contributed by atoms with Gasteiger partial charge in [-0.2, -0.15) is 0 Å². The van der Waals surface area contributed by atoms with Gasteiger partial charge in [0.05, 0.1) is 6.61 Å². The van der Waals surface area contributed by atoms with Crippen LogP contribution in [0, 0.1) is 12.5 Å². The first kappa shape index (κ1) is 14.0. The second kappa shape index (κ2) is 11.0. The highest BCUT2D eigenvalue weighted by Crippen LogP contribution is 2.08. The molecule has 0 saturated heterocycles. The van der Waals surface area contributed by atoms with Crippen molar-refractivity contribution >= 4 is 0 Å². The molecule has 1 heteroatoms. The van der Waals surface area contributed by atoms with Gasteiger partial charge >= 0.3 is 0 Å². The summed E-state index contributed by atoms with van der Waals surface area (Å²) in [5.74, 6) is 0.649. The Bertz CT molecular complexity index is 99.4. The van der Waals surface area contributed by atoms with Crippen LogP contribution in [0.2, 0.25) is 0 Å². The molecule has 1 nitrogen and oxygen atoms in total. The maximum atomic E-state index is 5.40. The predicted octanol–water partition coefficient (Wildman–Crippen LogP) is 4.57. The molecule has 0 N–H and O–H groups in total. The topological polar surface area (TPSA) is 9.23 Å². The molecule has 0 heterocycles. The van der Waals surface area contributed by atoms with Crippen LogP contribution >= 0.6 is 0 Å². The van der Waals surface area contributed by atoms with Gasteiger partial charge in [-0.05, 0) is 12.3 Å². The molecular weight excluding hydrogens is 172 g/mol. The molecule has 0 fully saturated rings. The molecule has 85 valence electrons. The third-order valence-electron chi connectivity index (χ3n) is 2.22. The van der Waals surface area contributed by atoms with Crippen molar-refractivity contribution in [1.82, 2.24) is 0 Å². The quantitative estimate of drug-likeness (QED) is 0.468. The molecule has 14 heavy (non-hydrogen) atoms. The predicted molar refractivity (Wildman–Crippen MR) is 63.1 cm³/mol. The van der Waals surface area contributed by atoms with Crippen LogP contribution in [0.25, 0.3) is 0 Å². The Labute approximate surface area is 90.2 Å². The lowest BCUT2D eigenvalue weighted by molar-refractivity contribution is 0.160. The van der Waals surface area contributed by atoms with Gasteiger partial charge < -0.3 is 4.74 Å². The smallest absolute Gasteiger partial charge is 0.0836 e. The van der Waals surface area contributed by atoms with E-state index < -0.39 is 0 Å². The first-order chi connectivity index (χ1) is 6.77. The number of hydrogen-bond donors (Lipinski definition) is 0. The summed E-state index contributed by atoms with van der Waals surface area (Å²) in [5, 5.41) is 0. The second-order valence-electron chi connectivity index (χ2n) is 4.45. The van der Waals surface area contributed by atoms with Crippen molar-refractivity contribution in [2.75, 3.05) is 6.61 Å². The van der Waals surface area contributed by atoms with E-state index in [1.807, 2.05) is 6.61 Å². The summed E-state index contributed by atoms with van der Waals surface area (Å²) in [6, 6.07) is 0. The molecule has 0 aromatic carbocycles. The number of hydrogen-bond acceptors (Lipinski definition) is 1. The van der Waals surface area contributed by atoms with Crippen molar-refractivity contribution in [2.45, 2.75) is 65.7 Å². The van der Waals surface area contributed by atoms with Gasteiger partial charge in [-0.3, -0.25) is 0 Å². The van der Waals surface area contributed by atoms with Crippen LogP contribution in [-0.4, -0.2) is 6.61 Å². The minimum absolute atomic E-state index is 0.649. The van der Waals surface area contributed by atoms with E-state index in [4.69, 9.17) is 4.74 Å². The maximum Gasteiger partial charge on any atom is 0.0836 e. The zero-order valence-corrected chi connectivity index (χ0v) is 10.2. The largest absolute Gasteiger partial charge is 0.375 e. The third kappa shape index (κ3) is 12.0. The Morgan fingerprint density at radius 2 is 1.64 bits per heavy atom. The van der Waals surface area contributed by atoms with Crippen LogP contribution in [0.4, 0.5) is 0 Å². The van der Waals surface area contributed by atoms with Crippen molar-refractivity contribution in [2.24, 2.45) is 5.92 Å². The van der Waals surface area contributed by atoms with Crippen LogP contribution in [0.1, 0.15) is 65.7 Å². The molecule has 0 aliphatic carbocycles. The maximum absolute atomic E-state index is 5.40. The van der Waals surface area contributed by atoms with Crippen LogP contribution in [0.3, 0.4) is 0 Å². The third-order valence-corrected chi connectivity index (χ3v) is 2.22. The van der Waals surface area contributed by atoms with Crippen molar-refractivity contribution < 1.29 is 4.74 Å². The van der Waals surface area contributed by atoms with Crippen LogP contribution < -0.4 is 0 Å². The monoisotopic (exact) mass is 199 g/mol. The molecule has 0 aliphatic rings. The Morgan fingerprint density at radius 3 is 2.29 bits per heavy atom. The van der Waals surface area contributed by atoms with Gasteiger partial charge in [0.25, 0.3) is 0 Å². The van der Waals surface area contributed by atoms with Gasteiger partial charge in [0.15, 0.2) is 0 Å². The molecule has 0 spiro atoms. The van der Waals surface area contributed by atoms with E-state index in [9.17, 15) is 0 Å². The summed E-state index contributed by atoms with van der Waals surface area (Å²) >= 11 is 0. The first-order valence-corrected chi connectivity index (χ1v) is 6.20. The van der Waals surface area contributed by atoms with Gasteiger partial charge in [-0.15, -0.1) is 0 Å². The zero-order valence-electron chi connectivity index (χ0n) is 10.2. The van der Waals surface area contributed by atoms with E-state index >= 15 is 0 Å². The average Bonchev–Trinajstić information content (AvgIpc) is 2.15. The van der Waals surface area contributed by atoms with E-state index in [-0.39, 0.29) is 0 Å². The molecule has 0 bridgehead atoms. The Balaban J connectivity index is 2.85. The fourth-order valence-electron chi connectivity index (χ4n) is 1.35. The first-order valence-electron chi connectivity index (χ1n) is 6.20. The van der Waals surface area contributed by atoms with Gasteiger partial charge in [-0.25, -0.2) is 0 Å². The molecule has 0 aromatic heterocycles. The highest BCUT2D eigenvalue weighted by atomic mass is 16.5. The Hall–Kier alpha value is -0.0400. The highest BCUT2D eigenvalue weighted by molar-refractivity contribution is 4.53.